The largest absolute Gasteiger partial charge is 0.416 e. The van der Waals surface area contributed by atoms with Crippen LogP contribution in [0.5, 0.6) is 0 Å². The number of carbonyl (C=O) groups excluding carboxylic acids is 1. The van der Waals surface area contributed by atoms with Gasteiger partial charge in [-0.2, -0.15) is 5.10 Å². The van der Waals surface area contributed by atoms with E-state index in [1.807, 2.05) is 25.4 Å². The first kappa shape index (κ1) is 23.3. The van der Waals surface area contributed by atoms with E-state index in [1.54, 1.807) is 17.1 Å². The molecule has 0 radical (unpaired) electrons. The number of hydrogen-bond acceptors (Lipinski definition) is 10. The van der Waals surface area contributed by atoms with E-state index in [2.05, 4.69) is 42.6 Å². The van der Waals surface area contributed by atoms with Gasteiger partial charge in [-0.3, -0.25) is 14.4 Å². The molecule has 1 amide bonds. The van der Waals surface area contributed by atoms with E-state index in [0.717, 1.165) is 67.2 Å². The van der Waals surface area contributed by atoms with E-state index in [9.17, 15) is 4.79 Å². The minimum atomic E-state index is -0.730. The van der Waals surface area contributed by atoms with Crippen LogP contribution in [0.3, 0.4) is 0 Å². The zero-order chi connectivity index (χ0) is 25.4. The summed E-state index contributed by atoms with van der Waals surface area (Å²) in [5.41, 5.74) is 10.2. The van der Waals surface area contributed by atoms with Gasteiger partial charge in [0.1, 0.15) is 0 Å². The smallest absolute Gasteiger partial charge is 0.306 e. The molecular formula is C25H27N9O3. The van der Waals surface area contributed by atoms with E-state index in [4.69, 9.17) is 19.9 Å². The van der Waals surface area contributed by atoms with Gasteiger partial charge < -0.3 is 20.2 Å². The molecule has 3 N–H and O–H groups in total. The molecule has 37 heavy (non-hydrogen) atoms. The average Bonchev–Trinajstić information content (AvgIpc) is 3.65. The summed E-state index contributed by atoms with van der Waals surface area (Å²) < 4.78 is 13.1. The van der Waals surface area contributed by atoms with Crippen LogP contribution in [-0.4, -0.2) is 66.6 Å². The quantitative estimate of drug-likeness (QED) is 0.402. The second-order valence-corrected chi connectivity index (χ2v) is 9.35. The Morgan fingerprint density at radius 3 is 2.89 bits per heavy atom. The van der Waals surface area contributed by atoms with E-state index >= 15 is 0 Å². The van der Waals surface area contributed by atoms with Crippen LogP contribution < -0.4 is 11.1 Å². The Labute approximate surface area is 212 Å². The van der Waals surface area contributed by atoms with Crippen LogP contribution in [0.15, 0.2) is 47.3 Å². The van der Waals surface area contributed by atoms with Crippen molar-refractivity contribution in [1.29, 1.82) is 0 Å². The number of benzene rings is 1. The lowest BCUT2D eigenvalue weighted by Gasteiger charge is -2.26. The van der Waals surface area contributed by atoms with Gasteiger partial charge in [0.25, 0.3) is 0 Å². The topological polar surface area (TPSA) is 150 Å². The van der Waals surface area contributed by atoms with Crippen molar-refractivity contribution < 1.29 is 13.9 Å². The molecule has 0 saturated carbocycles. The molecule has 6 rings (SSSR count). The normalized spacial score (nSPS) is 19.9. The number of aromatic nitrogens is 6. The number of primary amides is 1. The summed E-state index contributed by atoms with van der Waals surface area (Å²) in [6.45, 7) is 3.10. The minimum Gasteiger partial charge on any atom is -0.416 e. The fourth-order valence-electron chi connectivity index (χ4n) is 5.04. The molecule has 3 aromatic heterocycles. The van der Waals surface area contributed by atoms with Crippen molar-refractivity contribution in [1.82, 2.24) is 34.8 Å². The SMILES string of the molecule is Cn1cc(Nc2nccc(-c3ccc4c(c3)CN([C@@H]3CCOC3)CC[C@@H]4c3nnc(C(N)=O)o3)n2)cn1. The molecule has 12 nitrogen and oxygen atoms in total. The molecule has 12 heteroatoms. The van der Waals surface area contributed by atoms with Crippen LogP contribution in [0.1, 0.15) is 46.5 Å². The number of nitrogens with two attached hydrogens (primary N) is 1. The standard InChI is InChI=1S/C25H27N9O3/c1-33-13-17(11-28-33)29-25-27-7-4-21(30-25)15-2-3-19-16(10-15)12-34(18-6-9-36-14-18)8-5-20(19)23-31-32-24(37-23)22(26)35/h2-4,7,10-11,13,18,20H,5-6,8-9,12,14H2,1H3,(H2,26,35)(H,27,29,30)/t18-,20+/m1/s1. The van der Waals surface area contributed by atoms with Crippen LogP contribution in [0.4, 0.5) is 11.6 Å². The number of ether oxygens (including phenoxy) is 1. The predicted molar refractivity (Wildman–Crippen MR) is 133 cm³/mol. The maximum absolute atomic E-state index is 11.6. The van der Waals surface area contributed by atoms with E-state index < -0.39 is 5.91 Å². The lowest BCUT2D eigenvalue weighted by atomic mass is 9.91. The maximum Gasteiger partial charge on any atom is 0.306 e. The first-order chi connectivity index (χ1) is 18.0. The number of aryl methyl sites for hydroxylation is 1. The Bertz CT molecular complexity index is 1430. The maximum atomic E-state index is 11.6. The molecule has 2 aliphatic heterocycles. The van der Waals surface area contributed by atoms with Gasteiger partial charge in [0.15, 0.2) is 0 Å². The second kappa shape index (κ2) is 9.71. The number of rotatable bonds is 6. The number of amides is 1. The highest BCUT2D eigenvalue weighted by Crippen LogP contribution is 2.36. The zero-order valence-corrected chi connectivity index (χ0v) is 20.4. The summed E-state index contributed by atoms with van der Waals surface area (Å²) in [4.78, 5) is 23.1. The number of nitrogens with zero attached hydrogens (tertiary/aromatic N) is 7. The van der Waals surface area contributed by atoms with Gasteiger partial charge >= 0.3 is 11.8 Å². The number of carbonyl (C=O) groups is 1. The van der Waals surface area contributed by atoms with Crippen LogP contribution in [0, 0.1) is 0 Å². The van der Waals surface area contributed by atoms with Crippen molar-refractivity contribution in [2.24, 2.45) is 12.8 Å². The Morgan fingerprint density at radius 1 is 1.22 bits per heavy atom. The third kappa shape index (κ3) is 4.80. The lowest BCUT2D eigenvalue weighted by molar-refractivity contribution is 0.0964. The summed E-state index contributed by atoms with van der Waals surface area (Å²) in [6, 6.07) is 8.55. The van der Waals surface area contributed by atoms with Crippen LogP contribution in [-0.2, 0) is 18.3 Å². The van der Waals surface area contributed by atoms with Gasteiger partial charge in [0.2, 0.25) is 11.8 Å². The van der Waals surface area contributed by atoms with Gasteiger partial charge in [0.05, 0.1) is 30.1 Å². The molecule has 2 atom stereocenters. The minimum absolute atomic E-state index is 0.148. The van der Waals surface area contributed by atoms with Gasteiger partial charge in [-0.15, -0.1) is 10.2 Å². The summed E-state index contributed by atoms with van der Waals surface area (Å²) in [5.74, 6) is -0.157. The van der Waals surface area contributed by atoms with Gasteiger partial charge in [-0.25, -0.2) is 9.97 Å². The number of nitrogens with one attached hydrogen (secondary N) is 1. The molecule has 0 aliphatic carbocycles. The molecule has 1 aromatic carbocycles. The third-order valence-corrected chi connectivity index (χ3v) is 6.88. The van der Waals surface area contributed by atoms with Gasteiger partial charge in [-0.05, 0) is 42.6 Å². The fourth-order valence-corrected chi connectivity index (χ4v) is 5.04. The van der Waals surface area contributed by atoms with Crippen molar-refractivity contribution in [3.8, 4) is 11.3 Å². The van der Waals surface area contributed by atoms with Gasteiger partial charge in [0, 0.05) is 44.2 Å². The summed E-state index contributed by atoms with van der Waals surface area (Å²) in [6.07, 6.45) is 7.10. The van der Waals surface area contributed by atoms with Crippen molar-refractivity contribution in [3.63, 3.8) is 0 Å². The number of anilines is 2. The lowest BCUT2D eigenvalue weighted by Crippen LogP contribution is -2.35. The summed E-state index contributed by atoms with van der Waals surface area (Å²) in [7, 11) is 1.86. The first-order valence-electron chi connectivity index (χ1n) is 12.2. The van der Waals surface area contributed by atoms with E-state index in [-0.39, 0.29) is 11.8 Å². The van der Waals surface area contributed by atoms with Crippen LogP contribution >= 0.6 is 0 Å². The van der Waals surface area contributed by atoms with Crippen LogP contribution in [0.25, 0.3) is 11.3 Å². The van der Waals surface area contributed by atoms with Crippen molar-refractivity contribution in [3.05, 3.63) is 65.8 Å². The number of hydrogen-bond donors (Lipinski definition) is 2. The Balaban J connectivity index is 1.35. The molecule has 0 unspecified atom stereocenters. The van der Waals surface area contributed by atoms with Gasteiger partial charge in [-0.1, -0.05) is 12.1 Å². The monoisotopic (exact) mass is 501 g/mol. The molecular weight excluding hydrogens is 474 g/mol. The Morgan fingerprint density at radius 2 is 2.14 bits per heavy atom. The highest BCUT2D eigenvalue weighted by Gasteiger charge is 2.32. The summed E-state index contributed by atoms with van der Waals surface area (Å²) in [5, 5.41) is 15.4. The Kier molecular flexibility index (Phi) is 6.10. The summed E-state index contributed by atoms with van der Waals surface area (Å²) >= 11 is 0. The highest BCUT2D eigenvalue weighted by molar-refractivity contribution is 5.87. The number of fused-ring (bicyclic) bond motifs is 1. The molecule has 2 aliphatic rings. The highest BCUT2D eigenvalue weighted by atomic mass is 16.5. The fraction of sp³-hybridized carbons (Fsp3) is 0.360. The molecule has 0 bridgehead atoms. The second-order valence-electron chi connectivity index (χ2n) is 9.35. The van der Waals surface area contributed by atoms with Crippen molar-refractivity contribution in [2.45, 2.75) is 31.3 Å². The molecule has 190 valence electrons. The van der Waals surface area contributed by atoms with Crippen molar-refractivity contribution in [2.75, 3.05) is 25.1 Å². The predicted octanol–water partition coefficient (Wildman–Crippen LogP) is 2.23. The molecule has 1 fully saturated rings. The van der Waals surface area contributed by atoms with Crippen LogP contribution in [0.2, 0.25) is 0 Å². The third-order valence-electron chi connectivity index (χ3n) is 6.88. The van der Waals surface area contributed by atoms with Crippen molar-refractivity contribution >= 4 is 17.5 Å². The molecule has 1 saturated heterocycles. The first-order valence-corrected chi connectivity index (χ1v) is 12.2. The average molecular weight is 502 g/mol. The molecule has 4 aromatic rings. The molecule has 0 spiro atoms. The molecule has 5 heterocycles. The van der Waals surface area contributed by atoms with E-state index in [1.165, 1.54) is 0 Å². The zero-order valence-electron chi connectivity index (χ0n) is 20.4. The Hall–Kier alpha value is -4.16. The van der Waals surface area contributed by atoms with E-state index in [0.29, 0.717) is 17.9 Å².